The van der Waals surface area contributed by atoms with Crippen molar-refractivity contribution in [1.82, 2.24) is 5.32 Å². The van der Waals surface area contributed by atoms with Crippen LogP contribution >= 0.6 is 0 Å². The van der Waals surface area contributed by atoms with E-state index in [1.165, 1.54) is 116 Å². The molecular weight excluding hydrogens is 1050 g/mol. The van der Waals surface area contributed by atoms with Crippen molar-refractivity contribution in [3.63, 3.8) is 0 Å². The second kappa shape index (κ2) is 59.6. The molecule has 0 bridgehead atoms. The molecule has 0 aromatic heterocycles. The smallest absolute Gasteiger partial charge is 0.306 e. The van der Waals surface area contributed by atoms with Crippen LogP contribution in [0.25, 0.3) is 0 Å². The fourth-order valence-electron chi connectivity index (χ4n) is 10.0. The van der Waals surface area contributed by atoms with Gasteiger partial charge in [-0.2, -0.15) is 0 Å². The number of rotatable bonds is 57. The van der Waals surface area contributed by atoms with Gasteiger partial charge in [-0.25, -0.2) is 0 Å². The lowest BCUT2D eigenvalue weighted by Crippen LogP contribution is -2.61. The molecular formula is C73H125NO10. The molecule has 1 aliphatic rings. The summed E-state index contributed by atoms with van der Waals surface area (Å²) in [6.07, 6.45) is 71.2. The summed E-state index contributed by atoms with van der Waals surface area (Å²) in [5.41, 5.74) is 0. The van der Waals surface area contributed by atoms with Gasteiger partial charge < -0.3 is 45.1 Å². The minimum Gasteiger partial charge on any atom is -0.454 e. The van der Waals surface area contributed by atoms with E-state index in [0.717, 1.165) is 116 Å². The molecule has 0 aliphatic carbocycles. The van der Waals surface area contributed by atoms with E-state index in [2.05, 4.69) is 123 Å². The van der Waals surface area contributed by atoms with Crippen molar-refractivity contribution in [3.05, 3.63) is 109 Å². The van der Waals surface area contributed by atoms with E-state index in [1.54, 1.807) is 6.08 Å². The van der Waals surface area contributed by atoms with Crippen LogP contribution in [-0.4, -0.2) is 99.6 Å². The van der Waals surface area contributed by atoms with Gasteiger partial charge in [0.05, 0.1) is 25.4 Å². The van der Waals surface area contributed by atoms with Crippen molar-refractivity contribution in [2.24, 2.45) is 0 Å². The molecule has 0 aromatic rings. The Hall–Kier alpha value is -3.68. The Morgan fingerprint density at radius 1 is 0.476 bits per heavy atom. The quantitative estimate of drug-likeness (QED) is 0.0195. The lowest BCUT2D eigenvalue weighted by atomic mass is 9.99. The Morgan fingerprint density at radius 2 is 0.857 bits per heavy atom. The second-order valence-electron chi connectivity index (χ2n) is 23.2. The van der Waals surface area contributed by atoms with Crippen molar-refractivity contribution in [2.75, 3.05) is 13.2 Å². The van der Waals surface area contributed by atoms with Crippen LogP contribution < -0.4 is 5.32 Å². The Balaban J connectivity index is 2.64. The third-order valence-electron chi connectivity index (χ3n) is 15.4. The van der Waals surface area contributed by atoms with Crippen LogP contribution in [0.1, 0.15) is 278 Å². The van der Waals surface area contributed by atoms with Gasteiger partial charge in [0, 0.05) is 6.42 Å². The molecule has 1 amide bonds. The van der Waals surface area contributed by atoms with Crippen LogP contribution in [0.5, 0.6) is 0 Å². The summed E-state index contributed by atoms with van der Waals surface area (Å²) in [5.74, 6) is -1.23. The minimum absolute atomic E-state index is 0.0883. The lowest BCUT2D eigenvalue weighted by Gasteiger charge is -2.41. The third kappa shape index (κ3) is 46.5. The molecule has 8 atom stereocenters. The monoisotopic (exact) mass is 1180 g/mol. The molecule has 1 aliphatic heterocycles. The molecule has 8 unspecified atom stereocenters. The van der Waals surface area contributed by atoms with Crippen LogP contribution in [0.3, 0.4) is 0 Å². The normalized spacial score (nSPS) is 19.2. The van der Waals surface area contributed by atoms with Crippen LogP contribution in [0.15, 0.2) is 109 Å². The van der Waals surface area contributed by atoms with Crippen molar-refractivity contribution in [1.29, 1.82) is 0 Å². The van der Waals surface area contributed by atoms with Crippen molar-refractivity contribution >= 4 is 11.9 Å². The number of ether oxygens (including phenoxy) is 3. The highest BCUT2D eigenvalue weighted by molar-refractivity contribution is 5.80. The standard InChI is InChI=1S/C73H125NO10/c1-4-7-10-13-16-19-22-25-27-29-31-33-34-35-37-39-41-43-46-49-52-55-58-61-68(78)84-71-70(80)69(79)67(62-75)83-73(71)82-63-64(65(76)59-56-53-50-47-44-24-21-18-15-12-9-6-3)74-72(81)66(77)60-57-54-51-48-45-42-40-38-36-32-30-28-26-23-20-17-14-11-8-5-2/h7,10,16-17,19-20,25-28,31,33,35,37,41,43,56,59,64-67,69-71,73,75-77,79-80H,4-6,8-9,11-15,18,21-24,29-30,32,34,36,38-40,42,44-55,57-58,60-63H2,1-3H3,(H,74,81)/b10-7-,19-16-,20-17-,27-25-,28-26-,33-31-,37-35-,43-41-,59-56+. The average molecular weight is 1180 g/mol. The first-order chi connectivity index (χ1) is 41.2. The van der Waals surface area contributed by atoms with Crippen molar-refractivity contribution in [2.45, 2.75) is 327 Å². The number of hydrogen-bond donors (Lipinski definition) is 6. The Morgan fingerprint density at radius 3 is 1.31 bits per heavy atom. The number of aliphatic hydroxyl groups excluding tert-OH is 5. The van der Waals surface area contributed by atoms with Gasteiger partial charge >= 0.3 is 5.97 Å². The molecule has 84 heavy (non-hydrogen) atoms. The van der Waals surface area contributed by atoms with Gasteiger partial charge in [-0.3, -0.25) is 9.59 Å². The zero-order valence-corrected chi connectivity index (χ0v) is 53.5. The number of aliphatic hydroxyl groups is 5. The molecule has 1 heterocycles. The molecule has 0 radical (unpaired) electrons. The largest absolute Gasteiger partial charge is 0.454 e. The van der Waals surface area contributed by atoms with Crippen molar-refractivity contribution < 1.29 is 49.3 Å². The summed E-state index contributed by atoms with van der Waals surface area (Å²) in [4.78, 5) is 26.6. The van der Waals surface area contributed by atoms with Crippen molar-refractivity contribution in [3.8, 4) is 0 Å². The summed E-state index contributed by atoms with van der Waals surface area (Å²) in [7, 11) is 0. The Bertz CT molecular complexity index is 1780. The molecule has 11 heteroatoms. The number of amides is 1. The van der Waals surface area contributed by atoms with Gasteiger partial charge in [0.1, 0.15) is 24.4 Å². The topological polar surface area (TPSA) is 175 Å². The maximum atomic E-state index is 13.5. The first-order valence-electron chi connectivity index (χ1n) is 34.2. The van der Waals surface area contributed by atoms with E-state index in [4.69, 9.17) is 14.2 Å². The van der Waals surface area contributed by atoms with Crippen LogP contribution in [0.4, 0.5) is 0 Å². The predicted molar refractivity (Wildman–Crippen MR) is 351 cm³/mol. The van der Waals surface area contributed by atoms with E-state index >= 15 is 0 Å². The fraction of sp³-hybridized carbons (Fsp3) is 0.726. The molecule has 482 valence electrons. The average Bonchev–Trinajstić information content (AvgIpc) is 3.65. The zero-order chi connectivity index (χ0) is 61.0. The van der Waals surface area contributed by atoms with E-state index in [9.17, 15) is 35.1 Å². The van der Waals surface area contributed by atoms with E-state index in [1.807, 2.05) is 6.08 Å². The lowest BCUT2D eigenvalue weighted by molar-refractivity contribution is -0.305. The van der Waals surface area contributed by atoms with E-state index < -0.39 is 67.4 Å². The Labute approximate surface area is 513 Å². The summed E-state index contributed by atoms with van der Waals surface area (Å²) >= 11 is 0. The summed E-state index contributed by atoms with van der Waals surface area (Å²) in [6.45, 7) is 5.65. The number of unbranched alkanes of at least 4 members (excludes halogenated alkanes) is 27. The first-order valence-corrected chi connectivity index (χ1v) is 34.2. The van der Waals surface area contributed by atoms with Gasteiger partial charge in [0.2, 0.25) is 5.91 Å². The number of allylic oxidation sites excluding steroid dienone is 17. The molecule has 1 fully saturated rings. The van der Waals surface area contributed by atoms with Gasteiger partial charge in [-0.15, -0.1) is 0 Å². The van der Waals surface area contributed by atoms with Crippen LogP contribution in [0.2, 0.25) is 0 Å². The van der Waals surface area contributed by atoms with Gasteiger partial charge in [-0.1, -0.05) is 271 Å². The SMILES string of the molecule is CC/C=C\C/C=C\C/C=C\C/C=C\C/C=C\C/C=C\CCCCCCC(=O)OC1C(OCC(NC(=O)C(O)CCCCCCCCCCCC/C=C\C/C=C\CCCCC)C(O)/C=C/CCCCCCCCCCCC)OC(CO)C(O)C1O. The molecule has 0 spiro atoms. The first kappa shape index (κ1) is 78.3. The highest BCUT2D eigenvalue weighted by Crippen LogP contribution is 2.26. The zero-order valence-electron chi connectivity index (χ0n) is 53.5. The molecule has 0 saturated carbocycles. The van der Waals surface area contributed by atoms with E-state index in [-0.39, 0.29) is 19.4 Å². The number of esters is 1. The van der Waals surface area contributed by atoms with Gasteiger partial charge in [0.15, 0.2) is 12.4 Å². The molecule has 6 N–H and O–H groups in total. The highest BCUT2D eigenvalue weighted by Gasteiger charge is 2.47. The maximum absolute atomic E-state index is 13.5. The molecule has 1 rings (SSSR count). The maximum Gasteiger partial charge on any atom is 0.306 e. The van der Waals surface area contributed by atoms with Gasteiger partial charge in [0.25, 0.3) is 0 Å². The highest BCUT2D eigenvalue weighted by atomic mass is 16.7. The molecule has 0 aromatic carbocycles. The summed E-state index contributed by atoms with van der Waals surface area (Å²) < 4.78 is 17.6. The van der Waals surface area contributed by atoms with Gasteiger partial charge in [-0.05, 0) is 109 Å². The molecule has 1 saturated heterocycles. The second-order valence-corrected chi connectivity index (χ2v) is 23.2. The van der Waals surface area contributed by atoms with Crippen LogP contribution in [0, 0.1) is 0 Å². The number of carbonyl (C=O) groups is 2. The van der Waals surface area contributed by atoms with Crippen LogP contribution in [-0.2, 0) is 23.8 Å². The molecule has 11 nitrogen and oxygen atoms in total. The third-order valence-corrected chi connectivity index (χ3v) is 15.4. The van der Waals surface area contributed by atoms with E-state index in [0.29, 0.717) is 12.8 Å². The number of carbonyl (C=O) groups excluding carboxylic acids is 2. The minimum atomic E-state index is -1.63. The summed E-state index contributed by atoms with van der Waals surface area (Å²) in [6, 6.07) is -1.04. The number of hydrogen-bond acceptors (Lipinski definition) is 10. The Kier molecular flexibility index (Phi) is 55.6. The number of nitrogens with one attached hydrogen (secondary N) is 1. The predicted octanol–water partition coefficient (Wildman–Crippen LogP) is 17.2. The summed E-state index contributed by atoms with van der Waals surface area (Å²) in [5, 5.41) is 57.2. The fourth-order valence-corrected chi connectivity index (χ4v) is 10.0.